The van der Waals surface area contributed by atoms with E-state index in [0.717, 1.165) is 0 Å². The first-order valence-corrected chi connectivity index (χ1v) is 13.4. The number of alkyl halides is 1. The minimum atomic E-state index is -2.13. The van der Waals surface area contributed by atoms with Gasteiger partial charge in [-0.1, -0.05) is 6.92 Å². The highest BCUT2D eigenvalue weighted by atomic mass is 19.1. The summed E-state index contributed by atoms with van der Waals surface area (Å²) in [6.45, 7) is 4.85. The van der Waals surface area contributed by atoms with E-state index in [1.165, 1.54) is 6.08 Å². The number of Topliss-reactive ketones (excluding diaryl/α,β-unsaturated/α-hetero) is 1. The molecule has 37 heavy (non-hydrogen) atoms. The van der Waals surface area contributed by atoms with Crippen LogP contribution in [0.1, 0.15) is 72.1 Å². The van der Waals surface area contributed by atoms with Crippen LogP contribution in [0.25, 0.3) is 0 Å². The van der Waals surface area contributed by atoms with Crippen LogP contribution in [0.5, 0.6) is 0 Å². The minimum absolute atomic E-state index is 0.0136. The first-order valence-electron chi connectivity index (χ1n) is 13.4. The van der Waals surface area contributed by atoms with E-state index in [9.17, 15) is 24.6 Å². The standard InChI is InChI=1S/C28H37FO8/c1-4-35-22(34)6-5-10-27(21(33)14-30)11-9-17-18-8-7-16-12-19(31)23-24(37-15-36-23)26(16,3)28(18,29)20(32)13-25(17,27)2/h12,17-18,20,30,32H,4-11,13-15H2,1-3H3/t17-,18-,20-,25-,26+,27+,28-/m0/s1. The third-order valence-electron chi connectivity index (χ3n) is 10.6. The SMILES string of the molecule is CCOC(=O)CCC[C@]1(C(=O)CO)CC[C@H]2[C@@H]3CCC4=CC(=O)C5=C(OCO5)[C@]4(C)[C@@]3(F)[C@@H](O)C[C@@]21C. The second kappa shape index (κ2) is 8.90. The summed E-state index contributed by atoms with van der Waals surface area (Å²) in [5.74, 6) is -1.64. The highest BCUT2D eigenvalue weighted by Gasteiger charge is 2.76. The van der Waals surface area contributed by atoms with Crippen molar-refractivity contribution in [2.45, 2.75) is 83.9 Å². The van der Waals surface area contributed by atoms with E-state index in [-0.39, 0.29) is 61.2 Å². The van der Waals surface area contributed by atoms with Crippen molar-refractivity contribution in [1.82, 2.24) is 0 Å². The molecule has 3 fully saturated rings. The first-order chi connectivity index (χ1) is 17.5. The Morgan fingerprint density at radius 2 is 1.97 bits per heavy atom. The van der Waals surface area contributed by atoms with Gasteiger partial charge in [-0.3, -0.25) is 14.4 Å². The van der Waals surface area contributed by atoms with E-state index in [4.69, 9.17) is 14.2 Å². The van der Waals surface area contributed by atoms with E-state index in [1.807, 2.05) is 6.92 Å². The number of rotatable bonds is 7. The summed E-state index contributed by atoms with van der Waals surface area (Å²) in [5.41, 5.74) is -4.62. The minimum Gasteiger partial charge on any atom is -0.466 e. The lowest BCUT2D eigenvalue weighted by Crippen LogP contribution is -2.69. The van der Waals surface area contributed by atoms with Crippen LogP contribution in [-0.2, 0) is 28.6 Å². The van der Waals surface area contributed by atoms with E-state index in [1.54, 1.807) is 13.8 Å². The van der Waals surface area contributed by atoms with E-state index < -0.39 is 40.5 Å². The van der Waals surface area contributed by atoms with Crippen LogP contribution in [-0.4, -0.2) is 59.5 Å². The maximum Gasteiger partial charge on any atom is 0.305 e. The third kappa shape index (κ3) is 3.28. The molecule has 1 aliphatic heterocycles. The first kappa shape index (κ1) is 26.4. The summed E-state index contributed by atoms with van der Waals surface area (Å²) in [6.07, 6.45) is 2.88. The highest BCUT2D eigenvalue weighted by molar-refractivity contribution is 6.05. The van der Waals surface area contributed by atoms with Gasteiger partial charge in [0, 0.05) is 17.8 Å². The van der Waals surface area contributed by atoms with Crippen molar-refractivity contribution < 1.29 is 43.2 Å². The van der Waals surface area contributed by atoms with E-state index >= 15 is 4.39 Å². The Morgan fingerprint density at radius 3 is 2.68 bits per heavy atom. The van der Waals surface area contributed by atoms with Crippen molar-refractivity contribution >= 4 is 17.5 Å². The van der Waals surface area contributed by atoms with Crippen LogP contribution >= 0.6 is 0 Å². The van der Waals surface area contributed by atoms with Gasteiger partial charge in [-0.15, -0.1) is 0 Å². The number of carbonyl (C=O) groups excluding carboxylic acids is 3. The quantitative estimate of drug-likeness (QED) is 0.491. The number of halogens is 1. The normalized spacial score (nSPS) is 42.1. The number of carbonyl (C=O) groups is 3. The zero-order valence-electron chi connectivity index (χ0n) is 21.8. The Hall–Kier alpha value is -2.26. The van der Waals surface area contributed by atoms with Gasteiger partial charge in [-0.25, -0.2) is 4.39 Å². The van der Waals surface area contributed by atoms with Gasteiger partial charge in [0.1, 0.15) is 6.61 Å². The molecule has 0 aromatic rings. The predicted octanol–water partition coefficient (Wildman–Crippen LogP) is 3.30. The Balaban J connectivity index is 1.52. The van der Waals surface area contributed by atoms with Crippen LogP contribution in [0, 0.1) is 28.1 Å². The molecule has 9 heteroatoms. The molecule has 5 rings (SSSR count). The average Bonchev–Trinajstić information content (AvgIpc) is 3.46. The fourth-order valence-corrected chi connectivity index (χ4v) is 8.89. The molecule has 5 aliphatic rings. The monoisotopic (exact) mass is 520 g/mol. The smallest absolute Gasteiger partial charge is 0.305 e. The molecule has 0 aromatic carbocycles. The molecule has 0 bridgehead atoms. The predicted molar refractivity (Wildman–Crippen MR) is 128 cm³/mol. The lowest BCUT2D eigenvalue weighted by atomic mass is 9.42. The van der Waals surface area contributed by atoms with Crippen molar-refractivity contribution in [1.29, 1.82) is 0 Å². The molecule has 1 heterocycles. The third-order valence-corrected chi connectivity index (χ3v) is 10.6. The summed E-state index contributed by atoms with van der Waals surface area (Å²) >= 11 is 0. The van der Waals surface area contributed by atoms with Gasteiger partial charge in [-0.2, -0.15) is 0 Å². The summed E-state index contributed by atoms with van der Waals surface area (Å²) in [7, 11) is 0. The number of ketones is 2. The molecule has 204 valence electrons. The number of ether oxygens (including phenoxy) is 3. The molecular weight excluding hydrogens is 483 g/mol. The van der Waals surface area contributed by atoms with Gasteiger partial charge in [-0.05, 0) is 81.8 Å². The number of hydrogen-bond acceptors (Lipinski definition) is 8. The number of fused-ring (bicyclic) bond motifs is 6. The van der Waals surface area contributed by atoms with Gasteiger partial charge in [0.05, 0.1) is 18.1 Å². The zero-order valence-corrected chi connectivity index (χ0v) is 21.8. The maximum absolute atomic E-state index is 17.7. The second-order valence-corrected chi connectivity index (χ2v) is 11.7. The lowest BCUT2D eigenvalue weighted by Gasteiger charge is -2.63. The Labute approximate surface area is 216 Å². The topological polar surface area (TPSA) is 119 Å². The van der Waals surface area contributed by atoms with Crippen molar-refractivity contribution in [2.24, 2.45) is 28.1 Å². The molecule has 0 aromatic heterocycles. The lowest BCUT2D eigenvalue weighted by molar-refractivity contribution is -0.214. The Kier molecular flexibility index (Phi) is 6.34. The van der Waals surface area contributed by atoms with Crippen LogP contribution in [0.15, 0.2) is 23.2 Å². The highest BCUT2D eigenvalue weighted by Crippen LogP contribution is 2.73. The number of aliphatic hydroxyl groups is 2. The summed E-state index contributed by atoms with van der Waals surface area (Å²) in [4.78, 5) is 38.0. The Morgan fingerprint density at radius 1 is 1.22 bits per heavy atom. The number of aliphatic hydroxyl groups excluding tert-OH is 2. The molecule has 0 saturated heterocycles. The van der Waals surface area contributed by atoms with Crippen molar-refractivity contribution in [2.75, 3.05) is 20.0 Å². The second-order valence-electron chi connectivity index (χ2n) is 11.7. The maximum atomic E-state index is 17.7. The summed E-state index contributed by atoms with van der Waals surface area (Å²) < 4.78 is 33.9. The van der Waals surface area contributed by atoms with Gasteiger partial charge in [0.25, 0.3) is 0 Å². The molecule has 3 saturated carbocycles. The van der Waals surface area contributed by atoms with Crippen LogP contribution in [0.2, 0.25) is 0 Å². The number of esters is 1. The molecule has 7 atom stereocenters. The van der Waals surface area contributed by atoms with Crippen molar-refractivity contribution in [3.63, 3.8) is 0 Å². The number of allylic oxidation sites excluding steroid dienone is 2. The largest absolute Gasteiger partial charge is 0.466 e. The van der Waals surface area contributed by atoms with Crippen LogP contribution in [0.4, 0.5) is 4.39 Å². The molecule has 2 N–H and O–H groups in total. The molecular formula is C28H37FO8. The van der Waals surface area contributed by atoms with Crippen LogP contribution in [0.3, 0.4) is 0 Å². The molecule has 4 aliphatic carbocycles. The zero-order chi connectivity index (χ0) is 26.8. The van der Waals surface area contributed by atoms with Gasteiger partial charge in [0.2, 0.25) is 18.3 Å². The van der Waals surface area contributed by atoms with E-state index in [2.05, 4.69) is 0 Å². The van der Waals surface area contributed by atoms with Gasteiger partial charge < -0.3 is 24.4 Å². The van der Waals surface area contributed by atoms with Crippen LogP contribution < -0.4 is 0 Å². The Bertz CT molecular complexity index is 1080. The van der Waals surface area contributed by atoms with Gasteiger partial charge >= 0.3 is 5.97 Å². The number of hydrogen-bond donors (Lipinski definition) is 2. The molecule has 0 unspecified atom stereocenters. The van der Waals surface area contributed by atoms with Crippen molar-refractivity contribution in [3.8, 4) is 0 Å². The fourth-order valence-electron chi connectivity index (χ4n) is 8.89. The summed E-state index contributed by atoms with van der Waals surface area (Å²) in [6, 6.07) is 0. The van der Waals surface area contributed by atoms with E-state index in [0.29, 0.717) is 44.1 Å². The van der Waals surface area contributed by atoms with Gasteiger partial charge in [0.15, 0.2) is 17.2 Å². The molecule has 8 nitrogen and oxygen atoms in total. The average molecular weight is 521 g/mol. The van der Waals surface area contributed by atoms with Crippen molar-refractivity contribution in [3.05, 3.63) is 23.2 Å². The molecule has 0 spiro atoms. The summed E-state index contributed by atoms with van der Waals surface area (Å²) in [5, 5.41) is 21.7. The molecule has 0 amide bonds. The fraction of sp³-hybridized carbons (Fsp3) is 0.750. The molecule has 0 radical (unpaired) electrons.